The van der Waals surface area contributed by atoms with E-state index in [0.29, 0.717) is 0 Å². The van der Waals surface area contributed by atoms with Crippen molar-refractivity contribution in [1.82, 2.24) is 0 Å². The van der Waals surface area contributed by atoms with Crippen LogP contribution in [0.4, 0.5) is 13.2 Å². The Bertz CT molecular complexity index is 205. The normalized spacial score (nSPS) is 24.6. The Labute approximate surface area is 79.0 Å². The Morgan fingerprint density at radius 2 is 1.83 bits per heavy atom. The third kappa shape index (κ3) is 1.75. The molecule has 1 fully saturated rings. The average molecular weight is 293 g/mol. The van der Waals surface area contributed by atoms with Crippen LogP contribution in [-0.4, -0.2) is 20.3 Å². The van der Waals surface area contributed by atoms with Crippen molar-refractivity contribution in [3.8, 4) is 0 Å². The number of carbonyl (C=O) groups excluding carboxylic acids is 1. The van der Waals surface area contributed by atoms with Crippen LogP contribution in [0.5, 0.6) is 0 Å². The molecule has 0 spiro atoms. The van der Waals surface area contributed by atoms with Crippen molar-refractivity contribution < 1.29 is 39.2 Å². The van der Waals surface area contributed by atoms with Gasteiger partial charge in [0, 0.05) is 0 Å². The Kier molecular flexibility index (Phi) is 2.44. The van der Waals surface area contributed by atoms with E-state index in [9.17, 15) is 18.0 Å². The predicted octanol–water partition coefficient (Wildman–Crippen LogP) is -1.38. The Balaban J connectivity index is 2.76. The van der Waals surface area contributed by atoms with Crippen molar-refractivity contribution in [3.63, 3.8) is 0 Å². The van der Waals surface area contributed by atoms with Crippen molar-refractivity contribution in [1.29, 1.82) is 0 Å². The fraction of sp³-hybridized carbons (Fsp3) is 0.857. The van der Waals surface area contributed by atoms with Gasteiger partial charge in [-0.3, -0.25) is 0 Å². The SMILES string of the molecule is CC(C)(C(=O)C1C[I-]1)C(F)(F)F. The fourth-order valence-electron chi connectivity index (χ4n) is 0.716. The molecule has 0 aromatic carbocycles. The third-order valence-corrected chi connectivity index (χ3v) is 4.25. The second-order valence-electron chi connectivity index (χ2n) is 3.26. The molecule has 1 nitrogen and oxygen atoms in total. The molecular weight excluding hydrogens is 284 g/mol. The molecule has 12 heavy (non-hydrogen) atoms. The number of halogens is 4. The molecule has 1 aliphatic rings. The first-order valence-electron chi connectivity index (χ1n) is 3.45. The van der Waals surface area contributed by atoms with Crippen LogP contribution in [0.2, 0.25) is 0 Å². The van der Waals surface area contributed by atoms with Gasteiger partial charge in [0.1, 0.15) is 0 Å². The van der Waals surface area contributed by atoms with Crippen LogP contribution in [0.15, 0.2) is 0 Å². The van der Waals surface area contributed by atoms with Crippen LogP contribution in [0.1, 0.15) is 13.8 Å². The minimum absolute atomic E-state index is 0.222. The molecule has 0 aromatic heterocycles. The topological polar surface area (TPSA) is 17.1 Å². The molecule has 1 rings (SSSR count). The number of ketones is 1. The van der Waals surface area contributed by atoms with E-state index in [4.69, 9.17) is 0 Å². The van der Waals surface area contributed by atoms with Gasteiger partial charge < -0.3 is 0 Å². The van der Waals surface area contributed by atoms with Gasteiger partial charge in [-0.2, -0.15) is 0 Å². The Morgan fingerprint density at radius 1 is 1.42 bits per heavy atom. The van der Waals surface area contributed by atoms with Gasteiger partial charge in [0.25, 0.3) is 0 Å². The number of hydrogen-bond donors (Lipinski definition) is 0. The predicted molar refractivity (Wildman–Crippen MR) is 33.5 cm³/mol. The molecule has 0 saturated carbocycles. The van der Waals surface area contributed by atoms with Gasteiger partial charge in [-0.25, -0.2) is 0 Å². The van der Waals surface area contributed by atoms with Gasteiger partial charge in [-0.05, 0) is 0 Å². The van der Waals surface area contributed by atoms with Crippen LogP contribution in [0.3, 0.4) is 0 Å². The zero-order chi connectivity index (χ0) is 9.57. The molecule has 5 heteroatoms. The molecule has 0 amide bonds. The zero-order valence-corrected chi connectivity index (χ0v) is 8.86. The number of Topliss-reactive ketones (excluding diaryl/α,β-unsaturated/α-hetero) is 1. The Hall–Kier alpha value is 0.190. The van der Waals surface area contributed by atoms with Crippen molar-refractivity contribution in [2.45, 2.75) is 23.9 Å². The third-order valence-electron chi connectivity index (χ3n) is 1.92. The summed E-state index contributed by atoms with van der Waals surface area (Å²) in [5, 5.41) is 0. The van der Waals surface area contributed by atoms with E-state index in [0.717, 1.165) is 18.3 Å². The van der Waals surface area contributed by atoms with Gasteiger partial charge in [-0.15, -0.1) is 0 Å². The summed E-state index contributed by atoms with van der Waals surface area (Å²) in [5.74, 6) is -0.609. The van der Waals surface area contributed by atoms with Crippen LogP contribution >= 0.6 is 0 Å². The number of hydrogen-bond acceptors (Lipinski definition) is 1. The van der Waals surface area contributed by atoms with Crippen molar-refractivity contribution in [3.05, 3.63) is 0 Å². The molecule has 1 aliphatic heterocycles. The molecule has 1 atom stereocenters. The molecule has 0 aromatic rings. The summed E-state index contributed by atoms with van der Waals surface area (Å²) >= 11 is -0.230. The fourth-order valence-corrected chi connectivity index (χ4v) is 2.55. The minimum atomic E-state index is -4.39. The molecule has 0 bridgehead atoms. The van der Waals surface area contributed by atoms with E-state index < -0.39 is 17.4 Å². The van der Waals surface area contributed by atoms with Crippen LogP contribution in [0, 0.1) is 5.41 Å². The van der Waals surface area contributed by atoms with E-state index in [1.165, 1.54) is 0 Å². The van der Waals surface area contributed by atoms with Crippen LogP contribution < -0.4 is 21.2 Å². The molecule has 0 N–H and O–H groups in total. The molecule has 0 radical (unpaired) electrons. The van der Waals surface area contributed by atoms with Crippen molar-refractivity contribution in [2.75, 3.05) is 4.43 Å². The first-order valence-corrected chi connectivity index (χ1v) is 6.22. The van der Waals surface area contributed by atoms with Gasteiger partial charge in [0.15, 0.2) is 0 Å². The molecular formula is C7H9F3IO-. The standard InChI is InChI=1S/C7H9F3IO/c1-6(2,7(8,9)10)5(12)4-3-11-4/h4H,3H2,1-2H3/q-1. The van der Waals surface area contributed by atoms with E-state index in [-0.39, 0.29) is 25.1 Å². The summed E-state index contributed by atoms with van der Waals surface area (Å²) in [4.78, 5) is 11.2. The number of alkyl halides is 5. The quantitative estimate of drug-likeness (QED) is 0.453. The second kappa shape index (κ2) is 2.85. The van der Waals surface area contributed by atoms with E-state index in [1.807, 2.05) is 0 Å². The van der Waals surface area contributed by atoms with E-state index in [2.05, 4.69) is 0 Å². The molecule has 72 valence electrons. The van der Waals surface area contributed by atoms with Crippen LogP contribution in [0.25, 0.3) is 0 Å². The van der Waals surface area contributed by atoms with Crippen molar-refractivity contribution in [2.24, 2.45) is 5.41 Å². The zero-order valence-electron chi connectivity index (χ0n) is 6.70. The van der Waals surface area contributed by atoms with Gasteiger partial charge in [0.05, 0.1) is 0 Å². The first kappa shape index (κ1) is 10.3. The van der Waals surface area contributed by atoms with Gasteiger partial charge >= 0.3 is 78.7 Å². The second-order valence-corrected chi connectivity index (χ2v) is 6.53. The van der Waals surface area contributed by atoms with Gasteiger partial charge in [0.2, 0.25) is 0 Å². The summed E-state index contributed by atoms with van der Waals surface area (Å²) in [6.07, 6.45) is -4.39. The first-order chi connectivity index (χ1) is 5.27. The molecule has 1 heterocycles. The summed E-state index contributed by atoms with van der Waals surface area (Å²) in [5.41, 5.74) is -2.13. The molecule has 1 saturated heterocycles. The van der Waals surface area contributed by atoms with E-state index in [1.54, 1.807) is 0 Å². The number of rotatable bonds is 2. The summed E-state index contributed by atoms with van der Waals surface area (Å²) < 4.78 is 37.3. The maximum atomic E-state index is 12.3. The van der Waals surface area contributed by atoms with E-state index >= 15 is 0 Å². The average Bonchev–Trinajstić information content (AvgIpc) is 2.64. The monoisotopic (exact) mass is 293 g/mol. The summed E-state index contributed by atoms with van der Waals surface area (Å²) in [7, 11) is 0. The maximum absolute atomic E-state index is 12.3. The van der Waals surface area contributed by atoms with Crippen molar-refractivity contribution >= 4 is 5.78 Å². The molecule has 1 unspecified atom stereocenters. The van der Waals surface area contributed by atoms with Crippen LogP contribution in [-0.2, 0) is 4.79 Å². The summed E-state index contributed by atoms with van der Waals surface area (Å²) in [6, 6.07) is 0. The molecule has 0 aliphatic carbocycles. The summed E-state index contributed by atoms with van der Waals surface area (Å²) in [6.45, 7) is 1.94. The Morgan fingerprint density at radius 3 is 2.08 bits per heavy atom. The van der Waals surface area contributed by atoms with Gasteiger partial charge in [-0.1, -0.05) is 0 Å². The number of carbonyl (C=O) groups is 1.